The van der Waals surface area contributed by atoms with Crippen molar-refractivity contribution in [1.29, 1.82) is 0 Å². The van der Waals surface area contributed by atoms with E-state index in [2.05, 4.69) is 0 Å². The van der Waals surface area contributed by atoms with Crippen LogP contribution in [0.2, 0.25) is 0 Å². The zero-order valence-electron chi connectivity index (χ0n) is 21.5. The van der Waals surface area contributed by atoms with Crippen LogP contribution in [0.15, 0.2) is 60.7 Å². The van der Waals surface area contributed by atoms with Gasteiger partial charge in [-0.2, -0.15) is 0 Å². The van der Waals surface area contributed by atoms with E-state index in [4.69, 9.17) is 4.74 Å². The van der Waals surface area contributed by atoms with Gasteiger partial charge < -0.3 is 13.9 Å². The molecule has 36 heavy (non-hydrogen) atoms. The van der Waals surface area contributed by atoms with Gasteiger partial charge in [-0.25, -0.2) is 0 Å². The van der Waals surface area contributed by atoms with Gasteiger partial charge in [0, 0.05) is 46.6 Å². The summed E-state index contributed by atoms with van der Waals surface area (Å²) in [5.41, 5.74) is 0.743. The summed E-state index contributed by atoms with van der Waals surface area (Å²) in [7, 11) is -5.44. The molecule has 3 aliphatic carbocycles. The molecule has 3 fully saturated rings. The van der Waals surface area contributed by atoms with Gasteiger partial charge in [-0.1, -0.05) is 86.3 Å². The molecule has 2 aromatic carbocycles. The molecular formula is C30H40O4P2. The molecule has 2 aromatic rings. The van der Waals surface area contributed by atoms with Crippen LogP contribution in [0, 0.1) is 5.92 Å². The Balaban J connectivity index is 1.49. The van der Waals surface area contributed by atoms with Crippen LogP contribution in [0.25, 0.3) is 0 Å². The van der Waals surface area contributed by atoms with E-state index in [1.807, 2.05) is 60.7 Å². The molecule has 0 heterocycles. The number of ether oxygens (including phenoxy) is 1. The number of carbonyl (C=O) groups excluding carboxylic acids is 1. The van der Waals surface area contributed by atoms with Crippen LogP contribution in [-0.2, 0) is 18.7 Å². The van der Waals surface area contributed by atoms with Gasteiger partial charge >= 0.3 is 5.97 Å². The molecule has 0 N–H and O–H groups in total. The maximum atomic E-state index is 15.1. The molecule has 0 saturated heterocycles. The molecular weight excluding hydrogens is 486 g/mol. The normalized spacial score (nSPS) is 25.9. The van der Waals surface area contributed by atoms with Crippen molar-refractivity contribution in [3.05, 3.63) is 60.7 Å². The highest BCUT2D eigenvalue weighted by molar-refractivity contribution is 7.78. The van der Waals surface area contributed by atoms with E-state index in [0.29, 0.717) is 23.9 Å². The first-order valence-corrected chi connectivity index (χ1v) is 17.7. The van der Waals surface area contributed by atoms with Crippen LogP contribution in [-0.4, -0.2) is 35.2 Å². The lowest BCUT2D eigenvalue weighted by Crippen LogP contribution is -2.28. The summed E-state index contributed by atoms with van der Waals surface area (Å²) in [5, 5.41) is 1.69. The van der Waals surface area contributed by atoms with Crippen molar-refractivity contribution in [3.8, 4) is 0 Å². The number of carbonyl (C=O) groups is 1. The lowest BCUT2D eigenvalue weighted by molar-refractivity contribution is -0.147. The molecule has 3 saturated carbocycles. The van der Waals surface area contributed by atoms with Crippen LogP contribution in [0.3, 0.4) is 0 Å². The SMILES string of the molecule is CC(=O)O[C@H]1C[C@@H](P(=O)(C2CCCC2)C2CCCC2)C[C@@H]1CP(=O)(c1ccccc1)c1ccccc1. The fourth-order valence-electron chi connectivity index (χ4n) is 7.47. The van der Waals surface area contributed by atoms with Crippen molar-refractivity contribution in [2.75, 3.05) is 6.16 Å². The van der Waals surface area contributed by atoms with Gasteiger partial charge in [-0.15, -0.1) is 0 Å². The molecule has 3 aliphatic rings. The van der Waals surface area contributed by atoms with Crippen molar-refractivity contribution in [2.45, 2.75) is 94.2 Å². The molecule has 0 unspecified atom stereocenters. The van der Waals surface area contributed by atoms with E-state index in [-0.39, 0.29) is 23.7 Å². The lowest BCUT2D eigenvalue weighted by atomic mass is 10.1. The summed E-state index contributed by atoms with van der Waals surface area (Å²) >= 11 is 0. The van der Waals surface area contributed by atoms with Gasteiger partial charge in [0.25, 0.3) is 0 Å². The van der Waals surface area contributed by atoms with Gasteiger partial charge in [0.2, 0.25) is 0 Å². The number of esters is 1. The predicted octanol–water partition coefficient (Wildman–Crippen LogP) is 6.96. The Hall–Kier alpha value is -1.63. The monoisotopic (exact) mass is 526 g/mol. The minimum Gasteiger partial charge on any atom is -0.462 e. The molecule has 0 spiro atoms. The highest BCUT2D eigenvalue weighted by Crippen LogP contribution is 2.70. The molecule has 0 bridgehead atoms. The number of rotatable bonds is 8. The van der Waals surface area contributed by atoms with Crippen LogP contribution >= 0.6 is 14.3 Å². The van der Waals surface area contributed by atoms with E-state index < -0.39 is 14.3 Å². The van der Waals surface area contributed by atoms with Crippen molar-refractivity contribution in [2.24, 2.45) is 5.92 Å². The Labute approximate surface area is 216 Å². The summed E-state index contributed by atoms with van der Waals surface area (Å²) in [6, 6.07) is 19.5. The average molecular weight is 527 g/mol. The van der Waals surface area contributed by atoms with Crippen molar-refractivity contribution < 1.29 is 18.7 Å². The van der Waals surface area contributed by atoms with Gasteiger partial charge in [-0.05, 0) is 38.5 Å². The first kappa shape index (κ1) is 26.0. The fraction of sp³-hybridized carbons (Fsp3) is 0.567. The Kier molecular flexibility index (Phi) is 7.95. The summed E-state index contributed by atoms with van der Waals surface area (Å²) < 4.78 is 35.9. The van der Waals surface area contributed by atoms with Crippen LogP contribution in [0.1, 0.15) is 71.1 Å². The predicted molar refractivity (Wildman–Crippen MR) is 149 cm³/mol. The molecule has 0 radical (unpaired) electrons. The zero-order chi connectivity index (χ0) is 25.2. The van der Waals surface area contributed by atoms with E-state index in [0.717, 1.165) is 42.7 Å². The summed E-state index contributed by atoms with van der Waals surface area (Å²) in [4.78, 5) is 12.2. The molecule has 0 aliphatic heterocycles. The maximum Gasteiger partial charge on any atom is 0.302 e. The van der Waals surface area contributed by atoms with Gasteiger partial charge in [0.05, 0.1) is 7.14 Å². The second-order valence-electron chi connectivity index (χ2n) is 11.3. The molecule has 6 heteroatoms. The fourth-order valence-corrected chi connectivity index (χ4v) is 15.8. The summed E-state index contributed by atoms with van der Waals surface area (Å²) in [5.74, 6) is -0.349. The van der Waals surface area contributed by atoms with Crippen molar-refractivity contribution in [3.63, 3.8) is 0 Å². The zero-order valence-corrected chi connectivity index (χ0v) is 23.3. The Morgan fingerprint density at radius 3 is 1.67 bits per heavy atom. The second-order valence-corrected chi connectivity index (χ2v) is 17.9. The summed E-state index contributed by atoms with van der Waals surface area (Å²) in [6.45, 7) is 1.46. The molecule has 0 amide bonds. The molecule has 3 atom stereocenters. The largest absolute Gasteiger partial charge is 0.462 e. The quantitative estimate of drug-likeness (QED) is 0.276. The second kappa shape index (κ2) is 11.0. The minimum atomic E-state index is -2.96. The van der Waals surface area contributed by atoms with E-state index in [9.17, 15) is 9.36 Å². The Morgan fingerprint density at radius 1 is 0.750 bits per heavy atom. The van der Waals surface area contributed by atoms with Gasteiger partial charge in [0.1, 0.15) is 13.2 Å². The first-order valence-electron chi connectivity index (χ1n) is 13.9. The molecule has 0 aromatic heterocycles. The topological polar surface area (TPSA) is 60.4 Å². The van der Waals surface area contributed by atoms with Gasteiger partial charge in [0.15, 0.2) is 0 Å². The van der Waals surface area contributed by atoms with E-state index in [1.165, 1.54) is 32.6 Å². The minimum absolute atomic E-state index is 0.0544. The number of benzene rings is 2. The number of hydrogen-bond donors (Lipinski definition) is 0. The third kappa shape index (κ3) is 5.06. The highest BCUT2D eigenvalue weighted by atomic mass is 31.2. The third-order valence-electron chi connectivity index (χ3n) is 9.12. The maximum absolute atomic E-state index is 15.1. The molecule has 4 nitrogen and oxygen atoms in total. The lowest BCUT2D eigenvalue weighted by Gasteiger charge is -2.35. The van der Waals surface area contributed by atoms with Crippen molar-refractivity contribution in [1.82, 2.24) is 0 Å². The van der Waals surface area contributed by atoms with Gasteiger partial charge in [-0.3, -0.25) is 4.79 Å². The summed E-state index contributed by atoms with van der Waals surface area (Å²) in [6.07, 6.45) is 10.6. The standard InChI is InChI=1S/C30H40O4P2/c1-23(31)34-30-21-29(36(33,27-16-8-9-17-27)28-18-10-11-19-28)20-24(30)22-35(32,25-12-4-2-5-13-25)26-14-6-3-7-15-26/h2-7,12-15,24,27-30H,8-11,16-22H2,1H3/t24-,29+,30+/m1/s1. The van der Waals surface area contributed by atoms with Crippen LogP contribution in [0.4, 0.5) is 0 Å². The van der Waals surface area contributed by atoms with E-state index in [1.54, 1.807) is 0 Å². The average Bonchev–Trinajstić information content (AvgIpc) is 3.68. The van der Waals surface area contributed by atoms with Crippen LogP contribution < -0.4 is 10.6 Å². The smallest absolute Gasteiger partial charge is 0.302 e. The Morgan fingerprint density at radius 2 is 1.22 bits per heavy atom. The molecule has 194 valence electrons. The number of hydrogen-bond acceptors (Lipinski definition) is 4. The van der Waals surface area contributed by atoms with Crippen molar-refractivity contribution >= 4 is 30.9 Å². The van der Waals surface area contributed by atoms with E-state index >= 15 is 4.57 Å². The first-order chi connectivity index (χ1) is 17.4. The Bertz CT molecular complexity index is 1060. The third-order valence-corrected chi connectivity index (χ3v) is 17.2. The molecule has 5 rings (SSSR count). The van der Waals surface area contributed by atoms with Crippen LogP contribution in [0.5, 0.6) is 0 Å². The highest BCUT2D eigenvalue weighted by Gasteiger charge is 2.53.